The van der Waals surface area contributed by atoms with Crippen molar-refractivity contribution < 1.29 is 14.7 Å². The van der Waals surface area contributed by atoms with Crippen LogP contribution < -0.4 is 5.32 Å². The number of hydrogen-bond donors (Lipinski definition) is 2. The predicted molar refractivity (Wildman–Crippen MR) is 83.6 cm³/mol. The van der Waals surface area contributed by atoms with Crippen LogP contribution in [-0.4, -0.2) is 23.5 Å². The van der Waals surface area contributed by atoms with Crippen molar-refractivity contribution >= 4 is 23.5 Å². The Labute approximate surface area is 130 Å². The minimum absolute atomic E-state index is 0.0388. The van der Waals surface area contributed by atoms with Crippen LogP contribution in [0.2, 0.25) is 5.02 Å². The third-order valence-corrected chi connectivity index (χ3v) is 3.74. The summed E-state index contributed by atoms with van der Waals surface area (Å²) in [5, 5.41) is 12.1. The number of hydrogen-bond acceptors (Lipinski definition) is 2. The topological polar surface area (TPSA) is 66.4 Å². The number of carbonyl (C=O) groups is 2. The number of carboxylic acids is 1. The van der Waals surface area contributed by atoms with E-state index in [0.717, 1.165) is 18.4 Å². The van der Waals surface area contributed by atoms with Crippen LogP contribution in [0.15, 0.2) is 24.3 Å². The molecule has 4 nitrogen and oxygen atoms in total. The Balaban J connectivity index is 2.39. The van der Waals surface area contributed by atoms with Crippen LogP contribution in [0.3, 0.4) is 0 Å². The van der Waals surface area contributed by atoms with Crippen molar-refractivity contribution in [2.75, 3.05) is 6.54 Å². The SMILES string of the molecule is CC(C)(C(=O)NCCCCCC(=O)O)c1ccc(Cl)cc1. The second-order valence-corrected chi connectivity index (χ2v) is 6.03. The summed E-state index contributed by atoms with van der Waals surface area (Å²) < 4.78 is 0. The number of rotatable bonds is 8. The number of nitrogens with one attached hydrogen (secondary N) is 1. The lowest BCUT2D eigenvalue weighted by molar-refractivity contribution is -0.137. The van der Waals surface area contributed by atoms with Crippen molar-refractivity contribution in [3.05, 3.63) is 34.9 Å². The van der Waals surface area contributed by atoms with Gasteiger partial charge in [0.2, 0.25) is 5.91 Å². The van der Waals surface area contributed by atoms with Gasteiger partial charge in [-0.3, -0.25) is 9.59 Å². The summed E-state index contributed by atoms with van der Waals surface area (Å²) in [6.45, 7) is 4.31. The van der Waals surface area contributed by atoms with Crippen LogP contribution in [-0.2, 0) is 15.0 Å². The Hall–Kier alpha value is -1.55. The van der Waals surface area contributed by atoms with E-state index in [1.807, 2.05) is 26.0 Å². The number of aliphatic carboxylic acids is 1. The molecule has 2 N–H and O–H groups in total. The van der Waals surface area contributed by atoms with Gasteiger partial charge < -0.3 is 10.4 Å². The van der Waals surface area contributed by atoms with Gasteiger partial charge in [-0.15, -0.1) is 0 Å². The highest BCUT2D eigenvalue weighted by Crippen LogP contribution is 2.24. The van der Waals surface area contributed by atoms with Crippen LogP contribution in [0.25, 0.3) is 0 Å². The quantitative estimate of drug-likeness (QED) is 0.723. The molecule has 0 aliphatic rings. The molecule has 1 aromatic carbocycles. The smallest absolute Gasteiger partial charge is 0.303 e. The minimum atomic E-state index is -0.775. The first-order chi connectivity index (χ1) is 9.84. The first kappa shape index (κ1) is 17.5. The molecule has 0 aliphatic carbocycles. The maximum absolute atomic E-state index is 12.3. The third-order valence-electron chi connectivity index (χ3n) is 3.49. The van der Waals surface area contributed by atoms with E-state index < -0.39 is 11.4 Å². The molecule has 0 atom stereocenters. The molecule has 0 fully saturated rings. The van der Waals surface area contributed by atoms with E-state index in [1.54, 1.807) is 12.1 Å². The molecule has 21 heavy (non-hydrogen) atoms. The van der Waals surface area contributed by atoms with Gasteiger partial charge in [0.25, 0.3) is 0 Å². The van der Waals surface area contributed by atoms with Crippen LogP contribution in [0.1, 0.15) is 45.1 Å². The molecule has 0 aromatic heterocycles. The highest BCUT2D eigenvalue weighted by atomic mass is 35.5. The standard InChI is InChI=1S/C16H22ClNO3/c1-16(2,12-7-9-13(17)10-8-12)15(21)18-11-5-3-4-6-14(19)20/h7-10H,3-6,11H2,1-2H3,(H,18,21)(H,19,20). The zero-order chi connectivity index (χ0) is 15.9. The van der Waals surface area contributed by atoms with Crippen LogP contribution >= 0.6 is 11.6 Å². The molecule has 0 spiro atoms. The maximum Gasteiger partial charge on any atom is 0.303 e. The molecule has 0 aliphatic heterocycles. The highest BCUT2D eigenvalue weighted by Gasteiger charge is 2.29. The summed E-state index contributed by atoms with van der Waals surface area (Å²) in [7, 11) is 0. The lowest BCUT2D eigenvalue weighted by Crippen LogP contribution is -2.40. The van der Waals surface area contributed by atoms with Gasteiger partial charge in [0, 0.05) is 18.0 Å². The van der Waals surface area contributed by atoms with Crippen LogP contribution in [0, 0.1) is 0 Å². The molecule has 0 heterocycles. The molecular formula is C16H22ClNO3. The van der Waals surface area contributed by atoms with Crippen molar-refractivity contribution in [1.82, 2.24) is 5.32 Å². The van der Waals surface area contributed by atoms with Gasteiger partial charge >= 0.3 is 5.97 Å². The van der Waals surface area contributed by atoms with Crippen molar-refractivity contribution in [2.24, 2.45) is 0 Å². The molecule has 116 valence electrons. The first-order valence-corrected chi connectivity index (χ1v) is 7.48. The van der Waals surface area contributed by atoms with E-state index in [-0.39, 0.29) is 12.3 Å². The molecule has 1 aromatic rings. The van der Waals surface area contributed by atoms with Gasteiger partial charge in [-0.1, -0.05) is 30.2 Å². The summed E-state index contributed by atoms with van der Waals surface area (Å²) >= 11 is 5.85. The number of carboxylic acid groups (broad SMARTS) is 1. The fourth-order valence-corrected chi connectivity index (χ4v) is 2.12. The van der Waals surface area contributed by atoms with Gasteiger partial charge in [0.05, 0.1) is 5.41 Å². The van der Waals surface area contributed by atoms with E-state index in [2.05, 4.69) is 5.32 Å². The Bertz CT molecular complexity index is 483. The summed E-state index contributed by atoms with van der Waals surface area (Å²) in [4.78, 5) is 22.6. The fourth-order valence-electron chi connectivity index (χ4n) is 2.00. The molecule has 0 bridgehead atoms. The van der Waals surface area contributed by atoms with Gasteiger partial charge in [0.1, 0.15) is 0 Å². The highest BCUT2D eigenvalue weighted by molar-refractivity contribution is 6.30. The van der Waals surface area contributed by atoms with Crippen molar-refractivity contribution in [2.45, 2.75) is 44.9 Å². The lowest BCUT2D eigenvalue weighted by atomic mass is 9.84. The van der Waals surface area contributed by atoms with Crippen molar-refractivity contribution in [3.8, 4) is 0 Å². The molecule has 0 radical (unpaired) electrons. The van der Waals surface area contributed by atoms with E-state index in [4.69, 9.17) is 16.7 Å². The summed E-state index contributed by atoms with van der Waals surface area (Å²) in [6, 6.07) is 7.26. The monoisotopic (exact) mass is 311 g/mol. The van der Waals surface area contributed by atoms with Gasteiger partial charge in [-0.05, 0) is 44.4 Å². The number of carbonyl (C=O) groups excluding carboxylic acids is 1. The first-order valence-electron chi connectivity index (χ1n) is 7.10. The summed E-state index contributed by atoms with van der Waals surface area (Å²) in [6.07, 6.45) is 2.42. The Morgan fingerprint density at radius 3 is 2.33 bits per heavy atom. The van der Waals surface area contributed by atoms with E-state index in [0.29, 0.717) is 18.0 Å². The van der Waals surface area contributed by atoms with Gasteiger partial charge in [-0.25, -0.2) is 0 Å². The Morgan fingerprint density at radius 2 is 1.76 bits per heavy atom. The molecule has 5 heteroatoms. The average Bonchev–Trinajstić information content (AvgIpc) is 2.42. The van der Waals surface area contributed by atoms with Gasteiger partial charge in [-0.2, -0.15) is 0 Å². The lowest BCUT2D eigenvalue weighted by Gasteiger charge is -2.24. The zero-order valence-corrected chi connectivity index (χ0v) is 13.2. The maximum atomic E-state index is 12.3. The predicted octanol–water partition coefficient (Wildman–Crippen LogP) is 3.38. The van der Waals surface area contributed by atoms with E-state index >= 15 is 0 Å². The summed E-state index contributed by atoms with van der Waals surface area (Å²) in [5.74, 6) is -0.814. The number of amides is 1. The minimum Gasteiger partial charge on any atom is -0.481 e. The fraction of sp³-hybridized carbons (Fsp3) is 0.500. The molecular weight excluding hydrogens is 290 g/mol. The Morgan fingerprint density at radius 1 is 1.14 bits per heavy atom. The summed E-state index contributed by atoms with van der Waals surface area (Å²) in [5.41, 5.74) is 0.293. The number of benzene rings is 1. The van der Waals surface area contributed by atoms with Crippen LogP contribution in [0.4, 0.5) is 0 Å². The zero-order valence-electron chi connectivity index (χ0n) is 12.5. The van der Waals surface area contributed by atoms with Crippen molar-refractivity contribution in [3.63, 3.8) is 0 Å². The van der Waals surface area contributed by atoms with Crippen LogP contribution in [0.5, 0.6) is 0 Å². The Kier molecular flexibility index (Phi) is 6.69. The molecule has 0 saturated carbocycles. The second-order valence-electron chi connectivity index (χ2n) is 5.59. The second kappa shape index (κ2) is 8.03. The number of unbranched alkanes of at least 4 members (excludes halogenated alkanes) is 2. The average molecular weight is 312 g/mol. The normalized spacial score (nSPS) is 11.2. The molecule has 0 unspecified atom stereocenters. The molecule has 1 rings (SSSR count). The number of halogens is 1. The van der Waals surface area contributed by atoms with E-state index in [1.165, 1.54) is 0 Å². The molecule has 0 saturated heterocycles. The largest absolute Gasteiger partial charge is 0.481 e. The van der Waals surface area contributed by atoms with Gasteiger partial charge in [0.15, 0.2) is 0 Å². The van der Waals surface area contributed by atoms with E-state index in [9.17, 15) is 9.59 Å². The third kappa shape index (κ3) is 5.76. The molecule has 1 amide bonds. The van der Waals surface area contributed by atoms with Crippen molar-refractivity contribution in [1.29, 1.82) is 0 Å².